The van der Waals surface area contributed by atoms with E-state index in [-0.39, 0.29) is 5.91 Å². The second-order valence-electron chi connectivity index (χ2n) is 5.82. The lowest BCUT2D eigenvalue weighted by Gasteiger charge is -2.46. The summed E-state index contributed by atoms with van der Waals surface area (Å²) in [6.45, 7) is 5.49. The maximum atomic E-state index is 11.0. The van der Waals surface area contributed by atoms with Crippen LogP contribution in [-0.4, -0.2) is 46.5 Å². The molecule has 0 spiro atoms. The first-order chi connectivity index (χ1) is 11.5. The molecule has 0 radical (unpaired) electrons. The van der Waals surface area contributed by atoms with E-state index in [0.717, 1.165) is 23.7 Å². The predicted octanol–water partition coefficient (Wildman–Crippen LogP) is 2.19. The Balaban J connectivity index is 1.52. The first-order valence-corrected chi connectivity index (χ1v) is 8.59. The number of nitrogens with zero attached hydrogens (tertiary/aromatic N) is 3. The van der Waals surface area contributed by atoms with Crippen LogP contribution in [0.5, 0.6) is 5.88 Å². The minimum atomic E-state index is -0.0924. The van der Waals surface area contributed by atoms with Crippen molar-refractivity contribution >= 4 is 28.1 Å². The van der Waals surface area contributed by atoms with Crippen LogP contribution in [0.1, 0.15) is 18.7 Å². The van der Waals surface area contributed by atoms with Gasteiger partial charge in [-0.3, -0.25) is 9.69 Å². The molecule has 8 heteroatoms. The Morgan fingerprint density at radius 3 is 3.04 bits per heavy atom. The number of carbonyl (C=O) groups excluding carboxylic acids is 1. The average molecular weight is 347 g/mol. The molecule has 7 nitrogen and oxygen atoms in total. The number of nitrogens with one attached hydrogen (secondary N) is 2. The van der Waals surface area contributed by atoms with E-state index < -0.39 is 0 Å². The zero-order chi connectivity index (χ0) is 17.1. The summed E-state index contributed by atoms with van der Waals surface area (Å²) in [5.41, 5.74) is 1.02. The number of likely N-dealkylation sites (tertiary alicyclic amines) is 1. The number of hydrogen-bond acceptors (Lipinski definition) is 7. The van der Waals surface area contributed by atoms with Crippen molar-refractivity contribution in [2.45, 2.75) is 32.5 Å². The van der Waals surface area contributed by atoms with Crippen molar-refractivity contribution in [2.75, 3.05) is 24.3 Å². The van der Waals surface area contributed by atoms with Crippen molar-refractivity contribution in [2.24, 2.45) is 0 Å². The average Bonchev–Trinajstić information content (AvgIpc) is 3.00. The number of thiazole rings is 1. The molecular weight excluding hydrogens is 326 g/mol. The third kappa shape index (κ3) is 3.82. The monoisotopic (exact) mass is 347 g/mol. The van der Waals surface area contributed by atoms with Crippen LogP contribution in [0.4, 0.5) is 10.8 Å². The van der Waals surface area contributed by atoms with Gasteiger partial charge in [-0.15, -0.1) is 11.3 Å². The van der Waals surface area contributed by atoms with Crippen LogP contribution < -0.4 is 15.4 Å². The molecule has 1 fully saturated rings. The van der Waals surface area contributed by atoms with Crippen molar-refractivity contribution in [3.63, 3.8) is 0 Å². The van der Waals surface area contributed by atoms with E-state index in [2.05, 4.69) is 32.4 Å². The van der Waals surface area contributed by atoms with Crippen molar-refractivity contribution in [1.82, 2.24) is 14.9 Å². The van der Waals surface area contributed by atoms with E-state index in [1.54, 1.807) is 13.3 Å². The Labute approximate surface area is 145 Å². The van der Waals surface area contributed by atoms with Crippen LogP contribution in [0.2, 0.25) is 0 Å². The molecule has 3 heterocycles. The highest BCUT2D eigenvalue weighted by Gasteiger charge is 2.35. The van der Waals surface area contributed by atoms with E-state index in [1.807, 2.05) is 18.3 Å². The summed E-state index contributed by atoms with van der Waals surface area (Å²) < 4.78 is 5.15. The topological polar surface area (TPSA) is 79.4 Å². The maximum absolute atomic E-state index is 11.0. The third-order valence-corrected chi connectivity index (χ3v) is 4.98. The van der Waals surface area contributed by atoms with Gasteiger partial charge in [0.1, 0.15) is 0 Å². The summed E-state index contributed by atoms with van der Waals surface area (Å²) in [7, 11) is 1.62. The summed E-state index contributed by atoms with van der Waals surface area (Å²) in [6.07, 6.45) is 3.57. The number of amides is 1. The zero-order valence-electron chi connectivity index (χ0n) is 13.9. The quantitative estimate of drug-likeness (QED) is 0.834. The molecule has 2 aromatic rings. The Kier molecular flexibility index (Phi) is 4.96. The lowest BCUT2D eigenvalue weighted by atomic mass is 9.97. The molecule has 3 rings (SSSR count). The van der Waals surface area contributed by atoms with E-state index in [9.17, 15) is 4.79 Å². The smallest absolute Gasteiger partial charge is 0.223 e. The Morgan fingerprint density at radius 1 is 1.50 bits per heavy atom. The molecule has 0 unspecified atom stereocenters. The van der Waals surface area contributed by atoms with Gasteiger partial charge in [-0.1, -0.05) is 0 Å². The molecule has 0 aliphatic carbocycles. The molecular formula is C16H21N5O2S. The maximum Gasteiger partial charge on any atom is 0.223 e. The summed E-state index contributed by atoms with van der Waals surface area (Å²) in [5, 5.41) is 6.89. The van der Waals surface area contributed by atoms with Crippen LogP contribution in [0.15, 0.2) is 24.5 Å². The van der Waals surface area contributed by atoms with Gasteiger partial charge in [0.2, 0.25) is 11.8 Å². The predicted molar refractivity (Wildman–Crippen MR) is 94.5 cm³/mol. The van der Waals surface area contributed by atoms with Crippen molar-refractivity contribution < 1.29 is 9.53 Å². The Bertz CT molecular complexity index is 720. The standard InChI is InChI=1S/C16H21N5O2S/c1-10-14(20-12-4-5-17-15(6-12)23-3)9-21(10)8-13-7-18-16(24-13)19-11(2)22/h4-7,10,14H,8-9H2,1-3H3,(H,17,20)(H,18,19,22)/t10-,14+/m1/s1. The van der Waals surface area contributed by atoms with E-state index >= 15 is 0 Å². The van der Waals surface area contributed by atoms with Crippen LogP contribution in [-0.2, 0) is 11.3 Å². The Morgan fingerprint density at radius 2 is 2.33 bits per heavy atom. The van der Waals surface area contributed by atoms with Crippen LogP contribution in [0, 0.1) is 0 Å². The number of pyridine rings is 1. The van der Waals surface area contributed by atoms with Gasteiger partial charge in [0.15, 0.2) is 5.13 Å². The highest BCUT2D eigenvalue weighted by atomic mass is 32.1. The van der Waals surface area contributed by atoms with Crippen LogP contribution >= 0.6 is 11.3 Å². The molecule has 1 aliphatic rings. The van der Waals surface area contributed by atoms with Crippen molar-refractivity contribution in [3.8, 4) is 5.88 Å². The molecule has 1 saturated heterocycles. The fraction of sp³-hybridized carbons (Fsp3) is 0.438. The van der Waals surface area contributed by atoms with Gasteiger partial charge in [0.25, 0.3) is 0 Å². The Hall–Kier alpha value is -2.19. The molecule has 2 N–H and O–H groups in total. The highest BCUT2D eigenvalue weighted by molar-refractivity contribution is 7.15. The number of hydrogen-bond donors (Lipinski definition) is 2. The summed E-state index contributed by atoms with van der Waals surface area (Å²) >= 11 is 1.52. The molecule has 128 valence electrons. The number of ether oxygens (including phenoxy) is 1. The van der Waals surface area contributed by atoms with Gasteiger partial charge >= 0.3 is 0 Å². The largest absolute Gasteiger partial charge is 0.481 e. The SMILES string of the molecule is COc1cc(N[C@H]2CN(Cc3cnc(NC(C)=O)s3)[C@@H]2C)ccn1. The second kappa shape index (κ2) is 7.14. The molecule has 0 aromatic carbocycles. The van der Waals surface area contributed by atoms with Gasteiger partial charge in [-0.2, -0.15) is 0 Å². The number of methoxy groups -OCH3 is 1. The molecule has 2 atom stereocenters. The number of anilines is 2. The van der Waals surface area contributed by atoms with E-state index in [1.165, 1.54) is 18.3 Å². The lowest BCUT2D eigenvalue weighted by molar-refractivity contribution is -0.114. The minimum absolute atomic E-state index is 0.0924. The normalized spacial score (nSPS) is 20.3. The molecule has 1 aliphatic heterocycles. The second-order valence-corrected chi connectivity index (χ2v) is 6.94. The third-order valence-electron chi connectivity index (χ3n) is 4.08. The van der Waals surface area contributed by atoms with Gasteiger partial charge in [0.05, 0.1) is 13.2 Å². The zero-order valence-corrected chi connectivity index (χ0v) is 14.8. The van der Waals surface area contributed by atoms with Crippen molar-refractivity contribution in [3.05, 3.63) is 29.4 Å². The molecule has 1 amide bonds. The summed E-state index contributed by atoms with van der Waals surface area (Å²) in [4.78, 5) is 22.9. The first kappa shape index (κ1) is 16.7. The summed E-state index contributed by atoms with van der Waals surface area (Å²) in [5.74, 6) is 0.518. The minimum Gasteiger partial charge on any atom is -0.481 e. The van der Waals surface area contributed by atoms with E-state index in [0.29, 0.717) is 23.1 Å². The van der Waals surface area contributed by atoms with Crippen LogP contribution in [0.25, 0.3) is 0 Å². The van der Waals surface area contributed by atoms with Crippen LogP contribution in [0.3, 0.4) is 0 Å². The molecule has 0 saturated carbocycles. The van der Waals surface area contributed by atoms with Crippen molar-refractivity contribution in [1.29, 1.82) is 0 Å². The van der Waals surface area contributed by atoms with Gasteiger partial charge in [-0.25, -0.2) is 9.97 Å². The number of carbonyl (C=O) groups is 1. The molecule has 2 aromatic heterocycles. The van der Waals surface area contributed by atoms with E-state index in [4.69, 9.17) is 4.74 Å². The summed E-state index contributed by atoms with van der Waals surface area (Å²) in [6, 6.07) is 4.65. The van der Waals surface area contributed by atoms with Gasteiger partial charge < -0.3 is 15.4 Å². The number of aromatic nitrogens is 2. The fourth-order valence-corrected chi connectivity index (χ4v) is 3.56. The lowest BCUT2D eigenvalue weighted by Crippen LogP contribution is -2.61. The molecule has 0 bridgehead atoms. The fourth-order valence-electron chi connectivity index (χ4n) is 2.68. The molecule has 24 heavy (non-hydrogen) atoms. The number of rotatable bonds is 6. The highest BCUT2D eigenvalue weighted by Crippen LogP contribution is 2.27. The van der Waals surface area contributed by atoms with Gasteiger partial charge in [0, 0.05) is 55.1 Å². The van der Waals surface area contributed by atoms with Gasteiger partial charge in [-0.05, 0) is 13.0 Å². The first-order valence-electron chi connectivity index (χ1n) is 7.78.